The second kappa shape index (κ2) is 4.03. The maximum Gasteiger partial charge on any atom is 0.265 e. The van der Waals surface area contributed by atoms with E-state index in [1.54, 1.807) is 12.3 Å². The van der Waals surface area contributed by atoms with Crippen LogP contribution in [0.4, 0.5) is 0 Å². The maximum atomic E-state index is 11.2. The monoisotopic (exact) mass is 210 g/mol. The van der Waals surface area contributed by atoms with Crippen molar-refractivity contribution in [2.45, 2.75) is 6.92 Å². The molecule has 2 aromatic rings. The van der Waals surface area contributed by atoms with Gasteiger partial charge in [0, 0.05) is 6.20 Å². The number of H-pyrrole nitrogens is 1. The average Bonchev–Trinajstić information content (AvgIpc) is 2.29. The highest BCUT2D eigenvalue weighted by atomic mass is 16.1. The molecule has 0 fully saturated rings. The van der Waals surface area contributed by atoms with Crippen LogP contribution in [0.25, 0.3) is 11.1 Å². The van der Waals surface area contributed by atoms with Crippen LogP contribution in [-0.2, 0) is 0 Å². The molecule has 1 aromatic carbocycles. The first-order valence-corrected chi connectivity index (χ1v) is 4.90. The quantitative estimate of drug-likeness (QED) is 0.784. The molecule has 0 unspecified atom stereocenters. The van der Waals surface area contributed by atoms with Crippen molar-refractivity contribution in [3.8, 4) is 17.2 Å². The largest absolute Gasteiger partial charge is 0.327 e. The number of aromatic nitrogens is 1. The maximum absolute atomic E-state index is 11.2. The highest BCUT2D eigenvalue weighted by Gasteiger charge is 2.02. The third kappa shape index (κ3) is 1.86. The Bertz CT molecular complexity index is 620. The zero-order chi connectivity index (χ0) is 11.5. The van der Waals surface area contributed by atoms with Crippen LogP contribution in [0.1, 0.15) is 11.1 Å². The van der Waals surface area contributed by atoms with E-state index in [2.05, 4.69) is 4.98 Å². The Kier molecular flexibility index (Phi) is 2.57. The number of aryl methyl sites for hydroxylation is 1. The number of nitrogens with one attached hydrogen (secondary N) is 1. The minimum atomic E-state index is -0.348. The van der Waals surface area contributed by atoms with Gasteiger partial charge < -0.3 is 4.98 Å². The average molecular weight is 210 g/mol. The van der Waals surface area contributed by atoms with Crippen molar-refractivity contribution in [2.24, 2.45) is 0 Å². The van der Waals surface area contributed by atoms with E-state index in [1.165, 1.54) is 0 Å². The van der Waals surface area contributed by atoms with Gasteiger partial charge in [0.1, 0.15) is 11.6 Å². The fraction of sp³-hybridized carbons (Fsp3) is 0.0769. The second-order valence-electron chi connectivity index (χ2n) is 3.61. The molecule has 1 aromatic heterocycles. The van der Waals surface area contributed by atoms with Crippen LogP contribution in [0.3, 0.4) is 0 Å². The molecule has 0 amide bonds. The number of hydrogen-bond acceptors (Lipinski definition) is 2. The molecule has 16 heavy (non-hydrogen) atoms. The Morgan fingerprint density at radius 2 is 2.06 bits per heavy atom. The summed E-state index contributed by atoms with van der Waals surface area (Å²) in [6, 6.07) is 11.4. The Hall–Kier alpha value is -2.34. The third-order valence-corrected chi connectivity index (χ3v) is 2.38. The molecule has 0 aliphatic heterocycles. The highest BCUT2D eigenvalue weighted by molar-refractivity contribution is 5.64. The van der Waals surface area contributed by atoms with E-state index in [0.717, 1.165) is 16.7 Å². The van der Waals surface area contributed by atoms with Crippen LogP contribution >= 0.6 is 0 Å². The summed E-state index contributed by atoms with van der Waals surface area (Å²) in [4.78, 5) is 13.8. The van der Waals surface area contributed by atoms with Crippen LogP contribution < -0.4 is 5.56 Å². The van der Waals surface area contributed by atoms with Crippen molar-refractivity contribution in [2.75, 3.05) is 0 Å². The lowest BCUT2D eigenvalue weighted by Gasteiger charge is -2.02. The first-order chi connectivity index (χ1) is 7.70. The van der Waals surface area contributed by atoms with Gasteiger partial charge in [-0.3, -0.25) is 4.79 Å². The van der Waals surface area contributed by atoms with Gasteiger partial charge in [-0.1, -0.05) is 29.8 Å². The van der Waals surface area contributed by atoms with Crippen molar-refractivity contribution in [3.05, 3.63) is 58.0 Å². The number of nitrogens with zero attached hydrogens (tertiary/aromatic N) is 1. The standard InChI is InChI=1S/C13H10N2O/c1-9-3-2-4-10(5-9)12-6-11(7-14)13(16)15-8-12/h2-6,8H,1H3,(H,15,16). The molecule has 78 valence electrons. The van der Waals surface area contributed by atoms with Crippen molar-refractivity contribution in [1.29, 1.82) is 5.26 Å². The molecule has 1 heterocycles. The van der Waals surface area contributed by atoms with Crippen molar-refractivity contribution >= 4 is 0 Å². The molecule has 3 nitrogen and oxygen atoms in total. The van der Waals surface area contributed by atoms with E-state index >= 15 is 0 Å². The Morgan fingerprint density at radius 1 is 1.25 bits per heavy atom. The molecule has 3 heteroatoms. The van der Waals surface area contributed by atoms with Gasteiger partial charge in [0.05, 0.1) is 0 Å². The van der Waals surface area contributed by atoms with Crippen LogP contribution in [0.15, 0.2) is 41.3 Å². The van der Waals surface area contributed by atoms with Crippen LogP contribution in [-0.4, -0.2) is 4.98 Å². The molecule has 0 spiro atoms. The van der Waals surface area contributed by atoms with Gasteiger partial charge in [0.15, 0.2) is 0 Å². The van der Waals surface area contributed by atoms with Crippen LogP contribution in [0.2, 0.25) is 0 Å². The zero-order valence-corrected chi connectivity index (χ0v) is 8.82. The highest BCUT2D eigenvalue weighted by Crippen LogP contribution is 2.18. The summed E-state index contributed by atoms with van der Waals surface area (Å²) in [7, 11) is 0. The fourth-order valence-electron chi connectivity index (χ4n) is 1.56. The Morgan fingerprint density at radius 3 is 2.75 bits per heavy atom. The molecule has 0 radical (unpaired) electrons. The van der Waals surface area contributed by atoms with Crippen molar-refractivity contribution < 1.29 is 0 Å². The lowest BCUT2D eigenvalue weighted by atomic mass is 10.0. The van der Waals surface area contributed by atoms with E-state index in [9.17, 15) is 4.79 Å². The van der Waals surface area contributed by atoms with E-state index in [4.69, 9.17) is 5.26 Å². The smallest absolute Gasteiger partial charge is 0.265 e. The minimum absolute atomic E-state index is 0.138. The Balaban J connectivity index is 2.58. The first kappa shape index (κ1) is 10.2. The van der Waals surface area contributed by atoms with E-state index in [-0.39, 0.29) is 11.1 Å². The molecule has 0 aliphatic rings. The molecular weight excluding hydrogens is 200 g/mol. The van der Waals surface area contributed by atoms with Gasteiger partial charge >= 0.3 is 0 Å². The van der Waals surface area contributed by atoms with Gasteiger partial charge in [0.2, 0.25) is 0 Å². The third-order valence-electron chi connectivity index (χ3n) is 2.38. The number of rotatable bonds is 1. The van der Waals surface area contributed by atoms with Crippen molar-refractivity contribution in [1.82, 2.24) is 4.98 Å². The zero-order valence-electron chi connectivity index (χ0n) is 8.82. The van der Waals surface area contributed by atoms with Gasteiger partial charge in [-0.05, 0) is 24.1 Å². The summed E-state index contributed by atoms with van der Waals surface area (Å²) >= 11 is 0. The fourth-order valence-corrected chi connectivity index (χ4v) is 1.56. The molecule has 0 atom stereocenters. The van der Waals surface area contributed by atoms with Gasteiger partial charge in [0.25, 0.3) is 5.56 Å². The predicted molar refractivity (Wildman–Crippen MR) is 62.0 cm³/mol. The lowest BCUT2D eigenvalue weighted by Crippen LogP contribution is -2.08. The first-order valence-electron chi connectivity index (χ1n) is 4.90. The minimum Gasteiger partial charge on any atom is -0.327 e. The second-order valence-corrected chi connectivity index (χ2v) is 3.61. The van der Waals surface area contributed by atoms with E-state index in [1.807, 2.05) is 37.3 Å². The summed E-state index contributed by atoms with van der Waals surface area (Å²) in [5.74, 6) is 0. The molecule has 0 bridgehead atoms. The summed E-state index contributed by atoms with van der Waals surface area (Å²) in [5, 5.41) is 8.77. The summed E-state index contributed by atoms with van der Waals surface area (Å²) in [6.07, 6.45) is 1.62. The van der Waals surface area contributed by atoms with Gasteiger partial charge in [-0.25, -0.2) is 0 Å². The molecule has 0 saturated carbocycles. The van der Waals surface area contributed by atoms with Crippen LogP contribution in [0, 0.1) is 18.3 Å². The lowest BCUT2D eigenvalue weighted by molar-refractivity contribution is 1.21. The molecule has 1 N–H and O–H groups in total. The number of nitriles is 1. The Labute approximate surface area is 93.0 Å². The summed E-state index contributed by atoms with van der Waals surface area (Å²) in [6.45, 7) is 2.00. The number of pyridine rings is 1. The normalized spacial score (nSPS) is 9.75. The summed E-state index contributed by atoms with van der Waals surface area (Å²) < 4.78 is 0. The number of benzene rings is 1. The summed E-state index contributed by atoms with van der Waals surface area (Å²) in [5.41, 5.74) is 2.77. The van der Waals surface area contributed by atoms with E-state index in [0.29, 0.717) is 0 Å². The van der Waals surface area contributed by atoms with E-state index < -0.39 is 0 Å². The number of hydrogen-bond donors (Lipinski definition) is 1. The molecule has 0 saturated heterocycles. The van der Waals surface area contributed by atoms with Gasteiger partial charge in [-0.2, -0.15) is 5.26 Å². The van der Waals surface area contributed by atoms with Crippen molar-refractivity contribution in [3.63, 3.8) is 0 Å². The van der Waals surface area contributed by atoms with Crippen LogP contribution in [0.5, 0.6) is 0 Å². The molecule has 0 aliphatic carbocycles. The molecule has 2 rings (SSSR count). The number of aromatic amines is 1. The molecular formula is C13H10N2O. The predicted octanol–water partition coefficient (Wildman–Crippen LogP) is 2.22. The van der Waals surface area contributed by atoms with Gasteiger partial charge in [-0.15, -0.1) is 0 Å². The SMILES string of the molecule is Cc1cccc(-c2c[nH]c(=O)c(C#N)c2)c1. The topological polar surface area (TPSA) is 56.6 Å².